The summed E-state index contributed by atoms with van der Waals surface area (Å²) in [4.78, 5) is 39.3. The van der Waals surface area contributed by atoms with Gasteiger partial charge in [0.15, 0.2) is 5.75 Å². The molecule has 41 heavy (non-hydrogen) atoms. The van der Waals surface area contributed by atoms with Gasteiger partial charge < -0.3 is 8.92 Å². The number of barbiturate groups is 1. The first-order chi connectivity index (χ1) is 19.7. The van der Waals surface area contributed by atoms with Crippen LogP contribution in [0.5, 0.6) is 11.5 Å². The number of carbonyl (C=O) groups is 3. The maximum atomic E-state index is 13.3. The SMILES string of the molecule is O=C1NC(=O)N(c2ccc(OCc3ccccc3)cc2)C(=O)/C1=C/c1ccc(OS(=O)(=O)c2ccccc2)c(Br)c1. The van der Waals surface area contributed by atoms with Crippen molar-refractivity contribution in [3.8, 4) is 11.5 Å². The molecule has 0 unspecified atom stereocenters. The molecule has 0 aliphatic carbocycles. The summed E-state index contributed by atoms with van der Waals surface area (Å²) in [6.45, 7) is 0.349. The lowest BCUT2D eigenvalue weighted by Crippen LogP contribution is -2.54. The zero-order valence-corrected chi connectivity index (χ0v) is 23.6. The maximum absolute atomic E-state index is 13.3. The van der Waals surface area contributed by atoms with Crippen molar-refractivity contribution >= 4 is 55.7 Å². The van der Waals surface area contributed by atoms with E-state index in [0.29, 0.717) is 17.9 Å². The highest BCUT2D eigenvalue weighted by atomic mass is 79.9. The van der Waals surface area contributed by atoms with Crippen molar-refractivity contribution in [3.05, 3.63) is 124 Å². The molecular formula is C30H21BrN2O7S. The Kier molecular flexibility index (Phi) is 7.99. The monoisotopic (exact) mass is 632 g/mol. The third-order valence-electron chi connectivity index (χ3n) is 5.94. The number of anilines is 1. The van der Waals surface area contributed by atoms with Crippen molar-refractivity contribution < 1.29 is 31.7 Å². The number of hydrogen-bond acceptors (Lipinski definition) is 7. The van der Waals surface area contributed by atoms with E-state index in [9.17, 15) is 22.8 Å². The Morgan fingerprint density at radius 2 is 1.49 bits per heavy atom. The molecule has 11 heteroatoms. The quantitative estimate of drug-likeness (QED) is 0.156. The minimum atomic E-state index is -4.08. The summed E-state index contributed by atoms with van der Waals surface area (Å²) in [5, 5.41) is 2.18. The van der Waals surface area contributed by atoms with E-state index in [0.717, 1.165) is 10.5 Å². The van der Waals surface area contributed by atoms with Gasteiger partial charge in [-0.3, -0.25) is 14.9 Å². The summed E-state index contributed by atoms with van der Waals surface area (Å²) in [5.41, 5.74) is 1.33. The molecule has 0 saturated carbocycles. The topological polar surface area (TPSA) is 119 Å². The predicted octanol–water partition coefficient (Wildman–Crippen LogP) is 5.46. The molecule has 0 spiro atoms. The van der Waals surface area contributed by atoms with Gasteiger partial charge in [0.1, 0.15) is 22.8 Å². The summed E-state index contributed by atoms with van der Waals surface area (Å²) in [6, 6.07) is 27.1. The average Bonchev–Trinajstić information content (AvgIpc) is 2.97. The minimum Gasteiger partial charge on any atom is -0.489 e. The fourth-order valence-electron chi connectivity index (χ4n) is 3.92. The molecule has 4 amide bonds. The molecule has 1 N–H and O–H groups in total. The Hall–Kier alpha value is -4.74. The second-order valence-electron chi connectivity index (χ2n) is 8.77. The molecular weight excluding hydrogens is 612 g/mol. The van der Waals surface area contributed by atoms with Crippen LogP contribution in [0.15, 0.2) is 118 Å². The van der Waals surface area contributed by atoms with Gasteiger partial charge in [-0.1, -0.05) is 54.6 Å². The van der Waals surface area contributed by atoms with Crippen LogP contribution in [0.2, 0.25) is 0 Å². The molecule has 1 saturated heterocycles. The number of amides is 4. The van der Waals surface area contributed by atoms with Gasteiger partial charge in [0.25, 0.3) is 11.8 Å². The second-order valence-corrected chi connectivity index (χ2v) is 11.2. The molecule has 1 aliphatic heterocycles. The molecule has 0 aromatic heterocycles. The first-order valence-electron chi connectivity index (χ1n) is 12.2. The Balaban J connectivity index is 1.33. The third kappa shape index (κ3) is 6.37. The molecule has 4 aromatic carbocycles. The van der Waals surface area contributed by atoms with Gasteiger partial charge >= 0.3 is 16.1 Å². The highest BCUT2D eigenvalue weighted by molar-refractivity contribution is 9.10. The third-order valence-corrected chi connectivity index (χ3v) is 7.81. The number of nitrogens with one attached hydrogen (secondary N) is 1. The number of ether oxygens (including phenoxy) is 1. The second kappa shape index (κ2) is 11.8. The number of carbonyl (C=O) groups excluding carboxylic acids is 3. The molecule has 1 heterocycles. The van der Waals surface area contributed by atoms with Gasteiger partial charge in [0, 0.05) is 0 Å². The number of urea groups is 1. The lowest BCUT2D eigenvalue weighted by Gasteiger charge is -2.26. The summed E-state index contributed by atoms with van der Waals surface area (Å²) < 4.78 is 36.4. The van der Waals surface area contributed by atoms with E-state index >= 15 is 0 Å². The summed E-state index contributed by atoms with van der Waals surface area (Å²) in [6.07, 6.45) is 1.30. The van der Waals surface area contributed by atoms with E-state index in [1.807, 2.05) is 30.3 Å². The molecule has 4 aromatic rings. The Labute approximate surface area is 244 Å². The van der Waals surface area contributed by atoms with Gasteiger partial charge in [-0.15, -0.1) is 0 Å². The average molecular weight is 633 g/mol. The smallest absolute Gasteiger partial charge is 0.339 e. The van der Waals surface area contributed by atoms with Crippen molar-refractivity contribution in [2.75, 3.05) is 4.90 Å². The molecule has 0 radical (unpaired) electrons. The van der Waals surface area contributed by atoms with E-state index in [1.54, 1.807) is 42.5 Å². The van der Waals surface area contributed by atoms with E-state index in [2.05, 4.69) is 21.2 Å². The number of rotatable bonds is 8. The van der Waals surface area contributed by atoms with Crippen molar-refractivity contribution in [2.24, 2.45) is 0 Å². The standard InChI is InChI=1S/C30H21BrN2O7S/c31-26-18-21(11-16-27(26)40-41(37,38)24-9-5-2-6-10-24)17-25-28(34)32-30(36)33(29(25)35)22-12-14-23(15-13-22)39-19-20-7-3-1-4-8-20/h1-18H,19H2,(H,32,34,36)/b25-17+. The van der Waals surface area contributed by atoms with Crippen molar-refractivity contribution in [1.82, 2.24) is 5.32 Å². The lowest BCUT2D eigenvalue weighted by molar-refractivity contribution is -0.122. The van der Waals surface area contributed by atoms with Crippen LogP contribution >= 0.6 is 15.9 Å². The van der Waals surface area contributed by atoms with Crippen LogP contribution in [0.4, 0.5) is 10.5 Å². The summed E-state index contributed by atoms with van der Waals surface area (Å²) in [7, 11) is -4.08. The number of nitrogens with zero attached hydrogens (tertiary/aromatic N) is 1. The Morgan fingerprint density at radius 1 is 0.829 bits per heavy atom. The van der Waals surface area contributed by atoms with Crippen LogP contribution < -0.4 is 19.1 Å². The van der Waals surface area contributed by atoms with Crippen LogP contribution in [0.25, 0.3) is 6.08 Å². The fraction of sp³-hybridized carbons (Fsp3) is 0.0333. The van der Waals surface area contributed by atoms with Crippen LogP contribution in [0, 0.1) is 0 Å². The van der Waals surface area contributed by atoms with Crippen molar-refractivity contribution in [2.45, 2.75) is 11.5 Å². The zero-order valence-electron chi connectivity index (χ0n) is 21.2. The Bertz CT molecular complexity index is 1760. The van der Waals surface area contributed by atoms with E-state index in [-0.39, 0.29) is 26.4 Å². The molecule has 206 valence electrons. The molecule has 0 atom stereocenters. The highest BCUT2D eigenvalue weighted by Gasteiger charge is 2.36. The predicted molar refractivity (Wildman–Crippen MR) is 155 cm³/mol. The number of imide groups is 2. The van der Waals surface area contributed by atoms with Crippen LogP contribution in [0.1, 0.15) is 11.1 Å². The van der Waals surface area contributed by atoms with Crippen molar-refractivity contribution in [3.63, 3.8) is 0 Å². The van der Waals surface area contributed by atoms with E-state index in [4.69, 9.17) is 8.92 Å². The number of benzene rings is 4. The molecule has 9 nitrogen and oxygen atoms in total. The van der Waals surface area contributed by atoms with Crippen LogP contribution in [0.3, 0.4) is 0 Å². The largest absolute Gasteiger partial charge is 0.489 e. The first-order valence-corrected chi connectivity index (χ1v) is 14.4. The molecule has 0 bridgehead atoms. The summed E-state index contributed by atoms with van der Waals surface area (Å²) in [5.74, 6) is -1.13. The van der Waals surface area contributed by atoms with E-state index in [1.165, 1.54) is 36.4 Å². The van der Waals surface area contributed by atoms with Gasteiger partial charge in [-0.25, -0.2) is 9.69 Å². The molecule has 1 aliphatic rings. The van der Waals surface area contributed by atoms with Gasteiger partial charge in [-0.2, -0.15) is 8.42 Å². The lowest BCUT2D eigenvalue weighted by atomic mass is 10.1. The van der Waals surface area contributed by atoms with Crippen molar-refractivity contribution in [1.29, 1.82) is 0 Å². The maximum Gasteiger partial charge on any atom is 0.339 e. The number of halogens is 1. The van der Waals surface area contributed by atoms with Crippen LogP contribution in [-0.4, -0.2) is 26.3 Å². The fourth-order valence-corrected chi connectivity index (χ4v) is 5.47. The first kappa shape index (κ1) is 27.8. The minimum absolute atomic E-state index is 0.0110. The van der Waals surface area contributed by atoms with E-state index < -0.39 is 28.0 Å². The normalized spacial score (nSPS) is 14.6. The molecule has 1 fully saturated rings. The van der Waals surface area contributed by atoms with Gasteiger partial charge in [-0.05, 0) is 81.7 Å². The Morgan fingerprint density at radius 3 is 2.15 bits per heavy atom. The van der Waals surface area contributed by atoms with Gasteiger partial charge in [0.05, 0.1) is 10.2 Å². The van der Waals surface area contributed by atoms with Crippen LogP contribution in [-0.2, 0) is 26.3 Å². The number of hydrogen-bond donors (Lipinski definition) is 1. The van der Waals surface area contributed by atoms with Gasteiger partial charge in [0.2, 0.25) is 0 Å². The summed E-state index contributed by atoms with van der Waals surface area (Å²) >= 11 is 3.28. The zero-order chi connectivity index (χ0) is 29.0. The molecule has 5 rings (SSSR count). The highest BCUT2D eigenvalue weighted by Crippen LogP contribution is 2.31.